The van der Waals surface area contributed by atoms with Crippen molar-refractivity contribution in [2.75, 3.05) is 11.9 Å². The van der Waals surface area contributed by atoms with E-state index in [9.17, 15) is 9.59 Å². The van der Waals surface area contributed by atoms with Gasteiger partial charge in [0.1, 0.15) is 12.3 Å². The van der Waals surface area contributed by atoms with E-state index < -0.39 is 6.09 Å². The van der Waals surface area contributed by atoms with E-state index in [1.807, 2.05) is 32.0 Å². The van der Waals surface area contributed by atoms with E-state index in [1.165, 1.54) is 0 Å². The van der Waals surface area contributed by atoms with Crippen molar-refractivity contribution in [1.82, 2.24) is 5.32 Å². The minimum absolute atomic E-state index is 0.176. The molecule has 5 nitrogen and oxygen atoms in total. The zero-order valence-electron chi connectivity index (χ0n) is 12.9. The van der Waals surface area contributed by atoms with Gasteiger partial charge in [-0.3, -0.25) is 4.79 Å². The van der Waals surface area contributed by atoms with Crippen LogP contribution in [0.5, 0.6) is 5.75 Å². The van der Waals surface area contributed by atoms with Crippen LogP contribution in [-0.2, 0) is 4.79 Å². The van der Waals surface area contributed by atoms with Crippen molar-refractivity contribution in [1.29, 1.82) is 0 Å². The van der Waals surface area contributed by atoms with Crippen LogP contribution in [0.15, 0.2) is 46.9 Å². The number of halogens is 1. The number of hydrogen-bond donors (Lipinski definition) is 2. The molecule has 0 bridgehead atoms. The van der Waals surface area contributed by atoms with Gasteiger partial charge in [0.05, 0.1) is 5.69 Å². The van der Waals surface area contributed by atoms with Gasteiger partial charge in [0, 0.05) is 4.47 Å². The van der Waals surface area contributed by atoms with Crippen LogP contribution in [0.2, 0.25) is 0 Å². The number of hydrogen-bond acceptors (Lipinski definition) is 3. The van der Waals surface area contributed by atoms with Crippen LogP contribution in [0.4, 0.5) is 10.5 Å². The second-order valence-corrected chi connectivity index (χ2v) is 5.87. The number of carbonyl (C=O) groups excluding carboxylic acids is 2. The van der Waals surface area contributed by atoms with Gasteiger partial charge >= 0.3 is 6.09 Å². The lowest BCUT2D eigenvalue weighted by atomic mass is 10.1. The average molecular weight is 377 g/mol. The molecule has 0 aromatic heterocycles. The van der Waals surface area contributed by atoms with Crippen molar-refractivity contribution < 1.29 is 14.3 Å². The number of rotatable bonds is 4. The lowest BCUT2D eigenvalue weighted by molar-refractivity contribution is -0.115. The molecule has 0 spiro atoms. The second-order valence-electron chi connectivity index (χ2n) is 5.02. The number of carbonyl (C=O) groups is 2. The molecule has 0 radical (unpaired) electrons. The van der Waals surface area contributed by atoms with Crippen LogP contribution in [0.3, 0.4) is 0 Å². The molecule has 2 N–H and O–H groups in total. The molecule has 23 heavy (non-hydrogen) atoms. The molecule has 6 heteroatoms. The van der Waals surface area contributed by atoms with Crippen molar-refractivity contribution in [3.8, 4) is 5.75 Å². The Morgan fingerprint density at radius 2 is 1.74 bits per heavy atom. The van der Waals surface area contributed by atoms with Crippen molar-refractivity contribution in [3.63, 3.8) is 0 Å². The Labute approximate surface area is 143 Å². The van der Waals surface area contributed by atoms with Crippen LogP contribution in [0.25, 0.3) is 0 Å². The first-order chi connectivity index (χ1) is 11.0. The molecule has 2 aromatic carbocycles. The maximum Gasteiger partial charge on any atom is 0.413 e. The predicted molar refractivity (Wildman–Crippen MR) is 92.7 cm³/mol. The third kappa shape index (κ3) is 5.10. The molecule has 0 fully saturated rings. The molecule has 0 aliphatic heterocycles. The molecular formula is C17H17BrN2O3. The SMILES string of the molecule is Cc1cc(Br)c(NC(=O)CNC(=O)Oc2ccccc2)cc1C. The molecule has 120 valence electrons. The number of aryl methyl sites for hydroxylation is 2. The fraction of sp³-hybridized carbons (Fsp3) is 0.176. The van der Waals surface area contributed by atoms with Crippen LogP contribution in [-0.4, -0.2) is 18.5 Å². The Morgan fingerprint density at radius 1 is 1.09 bits per heavy atom. The standard InChI is InChI=1S/C17H17BrN2O3/c1-11-8-14(18)15(9-12(11)2)20-16(21)10-19-17(22)23-13-6-4-3-5-7-13/h3-9H,10H2,1-2H3,(H,19,22)(H,20,21). The molecule has 2 aromatic rings. The minimum Gasteiger partial charge on any atom is -0.410 e. The summed E-state index contributed by atoms with van der Waals surface area (Å²) in [6, 6.07) is 12.5. The molecular weight excluding hydrogens is 360 g/mol. The summed E-state index contributed by atoms with van der Waals surface area (Å²) in [6.07, 6.45) is -0.675. The number of ether oxygens (including phenoxy) is 1. The first-order valence-electron chi connectivity index (χ1n) is 7.03. The second kappa shape index (κ2) is 7.78. The molecule has 0 saturated heterocycles. The van der Waals surface area contributed by atoms with Crippen LogP contribution >= 0.6 is 15.9 Å². The van der Waals surface area contributed by atoms with Gasteiger partial charge in [0.25, 0.3) is 0 Å². The molecule has 2 rings (SSSR count). The molecule has 0 unspecified atom stereocenters. The van der Waals surface area contributed by atoms with E-state index in [4.69, 9.17) is 4.74 Å². The quantitative estimate of drug-likeness (QED) is 0.852. The Balaban J connectivity index is 1.86. The van der Waals surface area contributed by atoms with Crippen molar-refractivity contribution in [2.24, 2.45) is 0 Å². The Morgan fingerprint density at radius 3 is 2.43 bits per heavy atom. The normalized spacial score (nSPS) is 10.0. The fourth-order valence-electron chi connectivity index (χ4n) is 1.86. The number of nitrogens with one attached hydrogen (secondary N) is 2. The van der Waals surface area contributed by atoms with Gasteiger partial charge in [-0.15, -0.1) is 0 Å². The highest BCUT2D eigenvalue weighted by Crippen LogP contribution is 2.25. The first kappa shape index (κ1) is 17.0. The summed E-state index contributed by atoms with van der Waals surface area (Å²) < 4.78 is 5.83. The molecule has 0 saturated carbocycles. The first-order valence-corrected chi connectivity index (χ1v) is 7.82. The highest BCUT2D eigenvalue weighted by atomic mass is 79.9. The predicted octanol–water partition coefficient (Wildman–Crippen LogP) is 3.79. The van der Waals surface area contributed by atoms with Gasteiger partial charge in [0.15, 0.2) is 0 Å². The van der Waals surface area contributed by atoms with E-state index in [2.05, 4.69) is 26.6 Å². The molecule has 0 heterocycles. The summed E-state index contributed by atoms with van der Waals surface area (Å²) in [5.41, 5.74) is 2.86. The fourth-order valence-corrected chi connectivity index (χ4v) is 2.41. The Kier molecular flexibility index (Phi) is 5.76. The van der Waals surface area contributed by atoms with Gasteiger partial charge in [0.2, 0.25) is 5.91 Å². The smallest absolute Gasteiger partial charge is 0.410 e. The van der Waals surface area contributed by atoms with Crippen molar-refractivity contribution in [3.05, 3.63) is 58.1 Å². The monoisotopic (exact) mass is 376 g/mol. The number of amides is 2. The average Bonchev–Trinajstić information content (AvgIpc) is 2.51. The van der Waals surface area contributed by atoms with Crippen LogP contribution < -0.4 is 15.4 Å². The third-order valence-electron chi connectivity index (χ3n) is 3.20. The summed E-state index contributed by atoms with van der Waals surface area (Å²) in [7, 11) is 0. The van der Waals surface area contributed by atoms with Gasteiger partial charge in [-0.05, 0) is 65.2 Å². The highest BCUT2D eigenvalue weighted by molar-refractivity contribution is 9.10. The van der Waals surface area contributed by atoms with Gasteiger partial charge in [-0.2, -0.15) is 0 Å². The van der Waals surface area contributed by atoms with Gasteiger partial charge in [-0.25, -0.2) is 4.79 Å². The Hall–Kier alpha value is -2.34. The zero-order chi connectivity index (χ0) is 16.8. The maximum atomic E-state index is 11.9. The Bertz CT molecular complexity index is 717. The van der Waals surface area contributed by atoms with Crippen molar-refractivity contribution >= 4 is 33.6 Å². The summed E-state index contributed by atoms with van der Waals surface area (Å²) in [5, 5.41) is 5.15. The number of para-hydroxylation sites is 1. The lowest BCUT2D eigenvalue weighted by Gasteiger charge is -2.11. The van der Waals surface area contributed by atoms with Gasteiger partial charge in [-0.1, -0.05) is 18.2 Å². The number of anilines is 1. The molecule has 0 aliphatic carbocycles. The van der Waals surface area contributed by atoms with E-state index in [0.717, 1.165) is 15.6 Å². The third-order valence-corrected chi connectivity index (χ3v) is 3.86. The van der Waals surface area contributed by atoms with Crippen LogP contribution in [0, 0.1) is 13.8 Å². The van der Waals surface area contributed by atoms with E-state index >= 15 is 0 Å². The van der Waals surface area contributed by atoms with Gasteiger partial charge < -0.3 is 15.4 Å². The van der Waals surface area contributed by atoms with Crippen molar-refractivity contribution in [2.45, 2.75) is 13.8 Å². The molecule has 0 aliphatic rings. The molecule has 2 amide bonds. The topological polar surface area (TPSA) is 67.4 Å². The largest absolute Gasteiger partial charge is 0.413 e. The zero-order valence-corrected chi connectivity index (χ0v) is 14.4. The molecule has 0 atom stereocenters. The summed E-state index contributed by atoms with van der Waals surface area (Å²) in [6.45, 7) is 3.78. The summed E-state index contributed by atoms with van der Waals surface area (Å²) in [4.78, 5) is 23.5. The van der Waals surface area contributed by atoms with Crippen LogP contribution in [0.1, 0.15) is 11.1 Å². The highest BCUT2D eigenvalue weighted by Gasteiger charge is 2.10. The lowest BCUT2D eigenvalue weighted by Crippen LogP contribution is -2.34. The summed E-state index contributed by atoms with van der Waals surface area (Å²) >= 11 is 3.41. The maximum absolute atomic E-state index is 11.9. The van der Waals surface area contributed by atoms with E-state index in [-0.39, 0.29) is 12.5 Å². The summed E-state index contributed by atoms with van der Waals surface area (Å²) in [5.74, 6) is 0.0845. The van der Waals surface area contributed by atoms with E-state index in [0.29, 0.717) is 11.4 Å². The number of benzene rings is 2. The van der Waals surface area contributed by atoms with E-state index in [1.54, 1.807) is 24.3 Å². The minimum atomic E-state index is -0.675.